The number of amides is 2. The summed E-state index contributed by atoms with van der Waals surface area (Å²) >= 11 is 2.64. The van der Waals surface area contributed by atoms with Crippen molar-refractivity contribution in [1.29, 1.82) is 0 Å². The third-order valence-electron chi connectivity index (χ3n) is 3.96. The highest BCUT2D eigenvalue weighted by molar-refractivity contribution is 7.99. The van der Waals surface area contributed by atoms with Gasteiger partial charge in [-0.3, -0.25) is 9.59 Å². The van der Waals surface area contributed by atoms with E-state index in [1.54, 1.807) is 37.6 Å². The molecule has 0 fully saturated rings. The Morgan fingerprint density at radius 1 is 1.23 bits per heavy atom. The van der Waals surface area contributed by atoms with Crippen molar-refractivity contribution in [1.82, 2.24) is 15.5 Å². The number of furan rings is 1. The van der Waals surface area contributed by atoms with Crippen molar-refractivity contribution in [2.24, 2.45) is 0 Å². The Bertz CT molecular complexity index is 958. The fourth-order valence-corrected chi connectivity index (χ4v) is 4.21. The van der Waals surface area contributed by atoms with Gasteiger partial charge in [0, 0.05) is 23.9 Å². The number of thioether (sulfide) groups is 1. The van der Waals surface area contributed by atoms with Gasteiger partial charge < -0.3 is 19.8 Å². The molecule has 0 spiro atoms. The average Bonchev–Trinajstić information content (AvgIpc) is 3.40. The van der Waals surface area contributed by atoms with E-state index in [1.807, 2.05) is 19.1 Å². The van der Waals surface area contributed by atoms with Crippen molar-refractivity contribution in [2.75, 3.05) is 18.2 Å². The van der Waals surface area contributed by atoms with Gasteiger partial charge in [-0.2, -0.15) is 0 Å². The van der Waals surface area contributed by atoms with Crippen LogP contribution in [0.5, 0.6) is 5.75 Å². The fraction of sp³-hybridized carbons (Fsp3) is 0.300. The summed E-state index contributed by atoms with van der Waals surface area (Å²) < 4.78 is 10.4. The highest BCUT2D eigenvalue weighted by Crippen LogP contribution is 2.19. The molecule has 0 saturated heterocycles. The van der Waals surface area contributed by atoms with Gasteiger partial charge in [0.2, 0.25) is 10.9 Å². The minimum atomic E-state index is -0.321. The number of benzene rings is 1. The molecule has 8 nitrogen and oxygen atoms in total. The van der Waals surface area contributed by atoms with E-state index in [4.69, 9.17) is 9.15 Å². The Balaban J connectivity index is 1.40. The number of nitrogens with one attached hydrogen (secondary N) is 2. The molecule has 0 aliphatic carbocycles. The summed E-state index contributed by atoms with van der Waals surface area (Å²) in [5, 5.41) is 14.7. The molecular weight excluding hydrogens is 424 g/mol. The highest BCUT2D eigenvalue weighted by atomic mass is 32.2. The predicted octanol–water partition coefficient (Wildman–Crippen LogP) is 3.37. The van der Waals surface area contributed by atoms with Crippen molar-refractivity contribution in [3.05, 3.63) is 58.4 Å². The first-order chi connectivity index (χ1) is 14.5. The van der Waals surface area contributed by atoms with Crippen LogP contribution in [-0.4, -0.2) is 40.9 Å². The second kappa shape index (κ2) is 10.8. The molecule has 158 valence electrons. The van der Waals surface area contributed by atoms with Crippen LogP contribution in [0.15, 0.2) is 47.1 Å². The van der Waals surface area contributed by atoms with Gasteiger partial charge in [0.1, 0.15) is 16.5 Å². The van der Waals surface area contributed by atoms with E-state index in [2.05, 4.69) is 20.8 Å². The molecule has 0 aliphatic heterocycles. The molecule has 0 bridgehead atoms. The fourth-order valence-electron chi connectivity index (χ4n) is 2.59. The third-order valence-corrected chi connectivity index (χ3v) is 6.01. The van der Waals surface area contributed by atoms with Crippen LogP contribution in [0.4, 0.5) is 5.69 Å². The highest BCUT2D eigenvalue weighted by Gasteiger charge is 2.14. The molecule has 0 aliphatic rings. The molecule has 2 N–H and O–H groups in total. The third kappa shape index (κ3) is 6.60. The monoisotopic (exact) mass is 446 g/mol. The van der Waals surface area contributed by atoms with E-state index < -0.39 is 0 Å². The van der Waals surface area contributed by atoms with Gasteiger partial charge in [0.25, 0.3) is 5.91 Å². The van der Waals surface area contributed by atoms with Crippen molar-refractivity contribution < 1.29 is 18.7 Å². The summed E-state index contributed by atoms with van der Waals surface area (Å²) in [6, 6.07) is 10.7. The summed E-state index contributed by atoms with van der Waals surface area (Å²) in [4.78, 5) is 24.4. The van der Waals surface area contributed by atoms with Gasteiger partial charge in [-0.05, 0) is 43.3 Å². The first-order valence-corrected chi connectivity index (χ1v) is 11.2. The summed E-state index contributed by atoms with van der Waals surface area (Å²) in [6.45, 7) is 1.93. The van der Waals surface area contributed by atoms with Crippen molar-refractivity contribution in [3.8, 4) is 5.75 Å². The van der Waals surface area contributed by atoms with Crippen LogP contribution in [0.1, 0.15) is 27.5 Å². The SMILES string of the molecule is COc1ccc(NC(=O)c2nnc(CSCC(=O)N[C@H](C)Cc3ccco3)s2)cc1. The maximum atomic E-state index is 12.3. The minimum absolute atomic E-state index is 0.0148. The molecule has 10 heteroatoms. The lowest BCUT2D eigenvalue weighted by Gasteiger charge is -2.12. The summed E-state index contributed by atoms with van der Waals surface area (Å²) in [5.41, 5.74) is 0.646. The predicted molar refractivity (Wildman–Crippen MR) is 117 cm³/mol. The Morgan fingerprint density at radius 2 is 2.03 bits per heavy atom. The summed E-state index contributed by atoms with van der Waals surface area (Å²) in [6.07, 6.45) is 2.26. The van der Waals surface area contributed by atoms with Crippen molar-refractivity contribution >= 4 is 40.6 Å². The van der Waals surface area contributed by atoms with Gasteiger partial charge in [0.15, 0.2) is 0 Å². The Kier molecular flexibility index (Phi) is 7.86. The first kappa shape index (κ1) is 21.8. The number of ether oxygens (including phenoxy) is 1. The Hall–Kier alpha value is -2.85. The lowest BCUT2D eigenvalue weighted by molar-refractivity contribution is -0.119. The number of rotatable bonds is 10. The molecule has 3 rings (SSSR count). The Morgan fingerprint density at radius 3 is 2.73 bits per heavy atom. The van der Waals surface area contributed by atoms with E-state index in [0.29, 0.717) is 34.4 Å². The largest absolute Gasteiger partial charge is 0.497 e. The molecule has 3 aromatic rings. The van der Waals surface area contributed by atoms with Crippen LogP contribution in [-0.2, 0) is 17.0 Å². The van der Waals surface area contributed by atoms with E-state index in [0.717, 1.165) is 5.76 Å². The van der Waals surface area contributed by atoms with E-state index in [1.165, 1.54) is 23.1 Å². The smallest absolute Gasteiger partial charge is 0.286 e. The lowest BCUT2D eigenvalue weighted by Crippen LogP contribution is -2.35. The van der Waals surface area contributed by atoms with Crippen LogP contribution in [0.3, 0.4) is 0 Å². The minimum Gasteiger partial charge on any atom is -0.497 e. The molecule has 30 heavy (non-hydrogen) atoms. The molecule has 2 heterocycles. The molecular formula is C20H22N4O4S2. The quantitative estimate of drug-likeness (QED) is 0.492. The standard InChI is InChI=1S/C20H22N4O4S2/c1-13(10-16-4-3-9-28-16)21-17(25)11-29-12-18-23-24-20(30-18)19(26)22-14-5-7-15(27-2)8-6-14/h3-9,13H,10-12H2,1-2H3,(H,21,25)(H,22,26)/t13-/m1/s1. The van der Waals surface area contributed by atoms with Crippen LogP contribution >= 0.6 is 23.1 Å². The van der Waals surface area contributed by atoms with E-state index in [9.17, 15) is 9.59 Å². The number of methoxy groups -OCH3 is 1. The van der Waals surface area contributed by atoms with E-state index >= 15 is 0 Å². The first-order valence-electron chi connectivity index (χ1n) is 9.20. The van der Waals surface area contributed by atoms with Gasteiger partial charge in [-0.25, -0.2) is 0 Å². The molecule has 1 atom stereocenters. The van der Waals surface area contributed by atoms with Crippen LogP contribution in [0.2, 0.25) is 0 Å². The molecule has 1 aromatic carbocycles. The van der Waals surface area contributed by atoms with Crippen LogP contribution in [0, 0.1) is 0 Å². The lowest BCUT2D eigenvalue weighted by atomic mass is 10.2. The van der Waals surface area contributed by atoms with Crippen molar-refractivity contribution in [3.63, 3.8) is 0 Å². The molecule has 0 unspecified atom stereocenters. The maximum Gasteiger partial charge on any atom is 0.286 e. The van der Waals surface area contributed by atoms with E-state index in [-0.39, 0.29) is 22.9 Å². The number of anilines is 1. The zero-order chi connectivity index (χ0) is 21.3. The molecule has 0 radical (unpaired) electrons. The van der Waals surface area contributed by atoms with Crippen molar-refractivity contribution in [2.45, 2.75) is 25.1 Å². The van der Waals surface area contributed by atoms with Crippen LogP contribution in [0.25, 0.3) is 0 Å². The normalized spacial score (nSPS) is 11.7. The second-order valence-electron chi connectivity index (χ2n) is 6.43. The van der Waals surface area contributed by atoms with Gasteiger partial charge in [0.05, 0.1) is 19.1 Å². The van der Waals surface area contributed by atoms with Gasteiger partial charge >= 0.3 is 0 Å². The Labute approximate surface area is 182 Å². The van der Waals surface area contributed by atoms with Crippen LogP contribution < -0.4 is 15.4 Å². The summed E-state index contributed by atoms with van der Waals surface area (Å²) in [5.74, 6) is 1.98. The van der Waals surface area contributed by atoms with Gasteiger partial charge in [-0.1, -0.05) is 11.3 Å². The molecule has 2 amide bonds. The zero-order valence-corrected chi connectivity index (χ0v) is 18.2. The number of carbonyl (C=O) groups excluding carboxylic acids is 2. The second-order valence-corrected chi connectivity index (χ2v) is 8.48. The number of nitrogens with zero attached hydrogens (tertiary/aromatic N) is 2. The maximum absolute atomic E-state index is 12.3. The number of hydrogen-bond donors (Lipinski definition) is 2. The number of hydrogen-bond acceptors (Lipinski definition) is 8. The summed E-state index contributed by atoms with van der Waals surface area (Å²) in [7, 11) is 1.58. The topological polar surface area (TPSA) is 106 Å². The number of aromatic nitrogens is 2. The average molecular weight is 447 g/mol. The van der Waals surface area contributed by atoms with Gasteiger partial charge in [-0.15, -0.1) is 22.0 Å². The molecule has 2 aromatic heterocycles. The number of carbonyl (C=O) groups is 2. The zero-order valence-electron chi connectivity index (χ0n) is 16.6. The molecule has 0 saturated carbocycles.